The van der Waals surface area contributed by atoms with Gasteiger partial charge in [0.1, 0.15) is 11.9 Å². The molecule has 1 aliphatic heterocycles. The van der Waals surface area contributed by atoms with Crippen LogP contribution >= 0.6 is 0 Å². The summed E-state index contributed by atoms with van der Waals surface area (Å²) in [6.45, 7) is 1.38. The highest BCUT2D eigenvalue weighted by Crippen LogP contribution is 2.42. The maximum absolute atomic E-state index is 5.87. The van der Waals surface area contributed by atoms with E-state index in [0.717, 1.165) is 17.4 Å². The number of nitrogens with two attached hydrogens (primary N) is 1. The van der Waals surface area contributed by atoms with Crippen LogP contribution in [-0.4, -0.2) is 19.3 Å². The van der Waals surface area contributed by atoms with E-state index in [1.54, 1.807) is 0 Å². The third-order valence-corrected chi connectivity index (χ3v) is 2.99. The highest BCUT2D eigenvalue weighted by atomic mass is 16.6. The summed E-state index contributed by atoms with van der Waals surface area (Å²) in [6.07, 6.45) is 2.80. The minimum atomic E-state index is 0.196. The molecular formula is C12H15NO2. The van der Waals surface area contributed by atoms with Crippen molar-refractivity contribution in [1.29, 1.82) is 0 Å². The Hall–Kier alpha value is -1.22. The van der Waals surface area contributed by atoms with Crippen molar-refractivity contribution in [3.05, 3.63) is 23.8 Å². The average molecular weight is 205 g/mol. The quantitative estimate of drug-likeness (QED) is 0.767. The van der Waals surface area contributed by atoms with E-state index in [9.17, 15) is 0 Å². The summed E-state index contributed by atoms with van der Waals surface area (Å²) in [5.74, 6) is 1.57. The Labute approximate surface area is 89.2 Å². The molecule has 2 fully saturated rings. The number of anilines is 1. The van der Waals surface area contributed by atoms with Gasteiger partial charge in [0.25, 0.3) is 0 Å². The Morgan fingerprint density at radius 2 is 2.07 bits per heavy atom. The second kappa shape index (κ2) is 3.42. The molecular weight excluding hydrogens is 190 g/mol. The van der Waals surface area contributed by atoms with Crippen LogP contribution in [0.2, 0.25) is 0 Å². The minimum absolute atomic E-state index is 0.196. The van der Waals surface area contributed by atoms with Crippen LogP contribution in [0.15, 0.2) is 18.2 Å². The Morgan fingerprint density at radius 3 is 2.67 bits per heavy atom. The molecule has 0 unspecified atom stereocenters. The largest absolute Gasteiger partial charge is 0.483 e. The third-order valence-electron chi connectivity index (χ3n) is 2.99. The Kier molecular flexibility index (Phi) is 2.06. The van der Waals surface area contributed by atoms with Crippen LogP contribution in [0.3, 0.4) is 0 Å². The van der Waals surface area contributed by atoms with E-state index < -0.39 is 0 Å². The lowest BCUT2D eigenvalue weighted by Gasteiger charge is -2.27. The van der Waals surface area contributed by atoms with Crippen molar-refractivity contribution in [2.45, 2.75) is 24.9 Å². The highest BCUT2D eigenvalue weighted by Gasteiger charge is 2.25. The zero-order valence-corrected chi connectivity index (χ0v) is 8.61. The summed E-state index contributed by atoms with van der Waals surface area (Å²) in [6, 6.07) is 6.14. The number of hydrogen-bond donors (Lipinski definition) is 1. The lowest BCUT2D eigenvalue weighted by Crippen LogP contribution is -2.38. The molecule has 2 aliphatic rings. The zero-order chi connectivity index (χ0) is 10.3. The molecule has 1 aromatic carbocycles. The van der Waals surface area contributed by atoms with Crippen LogP contribution in [0.4, 0.5) is 5.69 Å². The van der Waals surface area contributed by atoms with E-state index in [1.165, 1.54) is 18.4 Å². The summed E-state index contributed by atoms with van der Waals surface area (Å²) in [5.41, 5.74) is 7.96. The fraction of sp³-hybridized carbons (Fsp3) is 0.500. The molecule has 2 N–H and O–H groups in total. The van der Waals surface area contributed by atoms with Gasteiger partial charge in [-0.2, -0.15) is 0 Å². The van der Waals surface area contributed by atoms with Crippen molar-refractivity contribution in [3.63, 3.8) is 0 Å². The minimum Gasteiger partial charge on any atom is -0.483 e. The molecule has 0 aromatic heterocycles. The van der Waals surface area contributed by atoms with Gasteiger partial charge >= 0.3 is 0 Å². The van der Waals surface area contributed by atoms with Crippen LogP contribution in [0, 0.1) is 0 Å². The molecule has 1 heterocycles. The molecule has 3 heteroatoms. The average Bonchev–Trinajstić information content (AvgIpc) is 2.97. The van der Waals surface area contributed by atoms with Gasteiger partial charge in [0.15, 0.2) is 0 Å². The monoisotopic (exact) mass is 205 g/mol. The second-order valence-corrected chi connectivity index (χ2v) is 4.35. The molecule has 0 bridgehead atoms. The van der Waals surface area contributed by atoms with Gasteiger partial charge in [-0.15, -0.1) is 0 Å². The van der Waals surface area contributed by atoms with Gasteiger partial charge in [-0.3, -0.25) is 0 Å². The van der Waals surface area contributed by atoms with E-state index in [1.807, 2.05) is 6.07 Å². The van der Waals surface area contributed by atoms with E-state index >= 15 is 0 Å². The molecule has 1 aliphatic carbocycles. The molecule has 80 valence electrons. The third kappa shape index (κ3) is 1.79. The van der Waals surface area contributed by atoms with Gasteiger partial charge in [0.2, 0.25) is 0 Å². The zero-order valence-electron chi connectivity index (χ0n) is 8.61. The summed E-state index contributed by atoms with van der Waals surface area (Å²) in [5, 5.41) is 0. The van der Waals surface area contributed by atoms with Crippen molar-refractivity contribution >= 4 is 5.69 Å². The molecule has 0 atom stereocenters. The van der Waals surface area contributed by atoms with Crippen LogP contribution in [0.25, 0.3) is 0 Å². The van der Waals surface area contributed by atoms with E-state index in [2.05, 4.69) is 12.1 Å². The van der Waals surface area contributed by atoms with Crippen LogP contribution in [0.5, 0.6) is 5.75 Å². The van der Waals surface area contributed by atoms with Gasteiger partial charge in [0, 0.05) is 0 Å². The Morgan fingerprint density at radius 1 is 1.27 bits per heavy atom. The number of benzene rings is 1. The van der Waals surface area contributed by atoms with Crippen LogP contribution in [0.1, 0.15) is 24.3 Å². The van der Waals surface area contributed by atoms with Crippen molar-refractivity contribution in [3.8, 4) is 5.75 Å². The first kappa shape index (κ1) is 9.04. The van der Waals surface area contributed by atoms with Crippen molar-refractivity contribution in [1.82, 2.24) is 0 Å². The molecule has 3 rings (SSSR count). The number of rotatable bonds is 3. The normalized spacial score (nSPS) is 21.1. The standard InChI is InChI=1S/C12H15NO2/c13-11-4-3-9(8-1-2-8)5-12(11)15-10-6-14-7-10/h3-5,8,10H,1-2,6-7,13H2. The topological polar surface area (TPSA) is 44.5 Å². The highest BCUT2D eigenvalue weighted by molar-refractivity contribution is 5.55. The maximum atomic E-state index is 5.87. The first-order valence-corrected chi connectivity index (χ1v) is 5.47. The van der Waals surface area contributed by atoms with Crippen molar-refractivity contribution < 1.29 is 9.47 Å². The van der Waals surface area contributed by atoms with Gasteiger partial charge in [0.05, 0.1) is 18.9 Å². The molecule has 1 saturated heterocycles. The first-order valence-electron chi connectivity index (χ1n) is 5.47. The molecule has 1 saturated carbocycles. The van der Waals surface area contributed by atoms with Crippen molar-refractivity contribution in [2.75, 3.05) is 18.9 Å². The summed E-state index contributed by atoms with van der Waals surface area (Å²) < 4.78 is 10.8. The second-order valence-electron chi connectivity index (χ2n) is 4.35. The lowest BCUT2D eigenvalue weighted by molar-refractivity contribution is -0.0794. The molecule has 15 heavy (non-hydrogen) atoms. The predicted molar refractivity (Wildman–Crippen MR) is 58.1 cm³/mol. The lowest BCUT2D eigenvalue weighted by atomic mass is 10.1. The Balaban J connectivity index is 1.80. The maximum Gasteiger partial charge on any atom is 0.145 e. The Bertz CT molecular complexity index is 370. The molecule has 1 aromatic rings. The first-order chi connectivity index (χ1) is 7.33. The number of hydrogen-bond acceptors (Lipinski definition) is 3. The summed E-state index contributed by atoms with van der Waals surface area (Å²) >= 11 is 0. The van der Waals surface area contributed by atoms with Gasteiger partial charge in [-0.05, 0) is 36.5 Å². The fourth-order valence-electron chi connectivity index (χ4n) is 1.79. The van der Waals surface area contributed by atoms with Gasteiger partial charge in [-0.25, -0.2) is 0 Å². The van der Waals surface area contributed by atoms with E-state index in [0.29, 0.717) is 13.2 Å². The molecule has 3 nitrogen and oxygen atoms in total. The van der Waals surface area contributed by atoms with E-state index in [-0.39, 0.29) is 6.10 Å². The SMILES string of the molecule is Nc1ccc(C2CC2)cc1OC1COC1. The van der Waals surface area contributed by atoms with Crippen LogP contribution in [-0.2, 0) is 4.74 Å². The molecule has 0 spiro atoms. The van der Waals surface area contributed by atoms with Crippen LogP contribution < -0.4 is 10.5 Å². The summed E-state index contributed by atoms with van der Waals surface area (Å²) in [4.78, 5) is 0. The predicted octanol–water partition coefficient (Wildman–Crippen LogP) is 1.92. The number of ether oxygens (including phenoxy) is 2. The molecule has 0 amide bonds. The summed E-state index contributed by atoms with van der Waals surface area (Å²) in [7, 11) is 0. The van der Waals surface area contributed by atoms with Gasteiger partial charge in [-0.1, -0.05) is 6.07 Å². The number of nitrogen functional groups attached to an aromatic ring is 1. The van der Waals surface area contributed by atoms with E-state index in [4.69, 9.17) is 15.2 Å². The van der Waals surface area contributed by atoms with Crippen molar-refractivity contribution in [2.24, 2.45) is 0 Å². The fourth-order valence-corrected chi connectivity index (χ4v) is 1.79. The van der Waals surface area contributed by atoms with Gasteiger partial charge < -0.3 is 15.2 Å². The molecule has 0 radical (unpaired) electrons. The smallest absolute Gasteiger partial charge is 0.145 e.